The quantitative estimate of drug-likeness (QED) is 0.543. The average Bonchev–Trinajstić information content (AvgIpc) is 3.22. The molecular weight excluding hydrogens is 390 g/mol. The fraction of sp³-hybridized carbons (Fsp3) is 0.346. The maximum Gasteiger partial charge on any atom is 0.132 e. The maximum absolute atomic E-state index is 11.4. The first-order valence-corrected chi connectivity index (χ1v) is 11.0. The minimum atomic E-state index is -1.03. The molecule has 0 aromatic heterocycles. The van der Waals surface area contributed by atoms with Gasteiger partial charge in [0, 0.05) is 52.6 Å². The van der Waals surface area contributed by atoms with Crippen molar-refractivity contribution in [1.82, 2.24) is 0 Å². The van der Waals surface area contributed by atoms with E-state index in [4.69, 9.17) is 9.47 Å². The lowest BCUT2D eigenvalue weighted by molar-refractivity contribution is -0.308. The molecule has 1 heterocycles. The fourth-order valence-corrected chi connectivity index (χ4v) is 4.51. The molecule has 4 rings (SSSR count). The Morgan fingerprint density at radius 2 is 1.42 bits per heavy atom. The number of benzene rings is 3. The van der Waals surface area contributed by atoms with Crippen LogP contribution < -0.4 is 19.5 Å². The van der Waals surface area contributed by atoms with E-state index in [-0.39, 0.29) is 0 Å². The Kier molecular flexibility index (Phi) is 6.03. The molecule has 0 bridgehead atoms. The summed E-state index contributed by atoms with van der Waals surface area (Å²) in [4.78, 5) is 13.7. The summed E-state index contributed by atoms with van der Waals surface area (Å²) >= 11 is 0. The number of ether oxygens (including phenoxy) is 2. The van der Waals surface area contributed by atoms with E-state index in [1.165, 1.54) is 0 Å². The van der Waals surface area contributed by atoms with Crippen LogP contribution in [0.25, 0.3) is 10.8 Å². The summed E-state index contributed by atoms with van der Waals surface area (Å²) in [6.07, 6.45) is 0.513. The zero-order valence-electron chi connectivity index (χ0n) is 18.3. The van der Waals surface area contributed by atoms with Gasteiger partial charge in [-0.05, 0) is 38.0 Å². The van der Waals surface area contributed by atoms with Crippen molar-refractivity contribution in [3.8, 4) is 11.5 Å². The number of fused-ring (bicyclic) bond motifs is 2. The molecule has 0 N–H and O–H groups in total. The molecule has 1 unspecified atom stereocenters. The summed E-state index contributed by atoms with van der Waals surface area (Å²) in [7, 11) is 0. The van der Waals surface area contributed by atoms with E-state index in [0.717, 1.165) is 44.6 Å². The topological polar surface area (TPSA) is 61.8 Å². The second-order valence-corrected chi connectivity index (χ2v) is 7.75. The number of anilines is 1. The van der Waals surface area contributed by atoms with Gasteiger partial charge in [-0.25, -0.2) is 0 Å². The third-order valence-corrected chi connectivity index (χ3v) is 5.96. The van der Waals surface area contributed by atoms with E-state index in [2.05, 4.69) is 17.0 Å². The van der Waals surface area contributed by atoms with Crippen molar-refractivity contribution in [1.29, 1.82) is 0 Å². The molecule has 31 heavy (non-hydrogen) atoms. The zero-order chi connectivity index (χ0) is 22.0. The van der Waals surface area contributed by atoms with Gasteiger partial charge in [0.15, 0.2) is 0 Å². The largest absolute Gasteiger partial charge is 0.549 e. The molecule has 0 radical (unpaired) electrons. The van der Waals surface area contributed by atoms with Gasteiger partial charge >= 0.3 is 0 Å². The van der Waals surface area contributed by atoms with Crippen LogP contribution in [0.5, 0.6) is 11.5 Å². The molecule has 3 aromatic rings. The third-order valence-electron chi connectivity index (χ3n) is 5.96. The van der Waals surface area contributed by atoms with E-state index in [1.54, 1.807) is 0 Å². The molecule has 0 saturated carbocycles. The number of carbonyl (C=O) groups excluding carboxylic acids is 1. The van der Waals surface area contributed by atoms with Crippen LogP contribution in [0.4, 0.5) is 5.69 Å². The van der Waals surface area contributed by atoms with Crippen LogP contribution in [-0.4, -0.2) is 19.2 Å². The van der Waals surface area contributed by atoms with Gasteiger partial charge in [0.25, 0.3) is 0 Å². The minimum absolute atomic E-state index is 0.513. The van der Waals surface area contributed by atoms with Crippen LogP contribution >= 0.6 is 0 Å². The number of hydrogen-bond donors (Lipinski definition) is 0. The molecule has 3 aromatic carbocycles. The first kappa shape index (κ1) is 21.0. The first-order chi connectivity index (χ1) is 15.1. The summed E-state index contributed by atoms with van der Waals surface area (Å²) in [5, 5.41) is 13.5. The Labute approximate surface area is 183 Å². The molecule has 5 heteroatoms. The standard InChI is InChI=1S/C26H29NO4/c1-4-19(26(28)29)17-11-13-18(14-12-17)27-15-22-23(16-27)25(31-6-3)21-10-8-7-9-20(21)24(22)30-5-2/h7-14,19H,4-6,15-16H2,1-3H3,(H,28,29)/p-1. The molecule has 0 saturated heterocycles. The molecule has 162 valence electrons. The minimum Gasteiger partial charge on any atom is -0.549 e. The van der Waals surface area contributed by atoms with Gasteiger partial charge in [0.2, 0.25) is 0 Å². The molecule has 1 aliphatic heterocycles. The molecule has 0 spiro atoms. The molecule has 5 nitrogen and oxygen atoms in total. The van der Waals surface area contributed by atoms with Gasteiger partial charge in [-0.1, -0.05) is 43.3 Å². The highest BCUT2D eigenvalue weighted by atomic mass is 16.5. The predicted octanol–water partition coefficient (Wildman–Crippen LogP) is 4.40. The lowest BCUT2D eigenvalue weighted by Crippen LogP contribution is -2.29. The Morgan fingerprint density at radius 1 is 0.903 bits per heavy atom. The van der Waals surface area contributed by atoms with Crippen molar-refractivity contribution >= 4 is 22.4 Å². The van der Waals surface area contributed by atoms with Crippen LogP contribution in [0.3, 0.4) is 0 Å². The van der Waals surface area contributed by atoms with Crippen LogP contribution in [0, 0.1) is 0 Å². The van der Waals surface area contributed by atoms with Gasteiger partial charge < -0.3 is 24.3 Å². The molecular formula is C26H28NO4-. The second-order valence-electron chi connectivity index (χ2n) is 7.75. The van der Waals surface area contributed by atoms with E-state index < -0.39 is 11.9 Å². The Balaban J connectivity index is 1.74. The molecule has 0 fully saturated rings. The lowest BCUT2D eigenvalue weighted by Gasteiger charge is -2.21. The monoisotopic (exact) mass is 418 g/mol. The van der Waals surface area contributed by atoms with Crippen molar-refractivity contribution in [2.24, 2.45) is 0 Å². The Bertz CT molecular complexity index is 1040. The van der Waals surface area contributed by atoms with Crippen molar-refractivity contribution in [2.75, 3.05) is 18.1 Å². The van der Waals surface area contributed by atoms with E-state index in [0.29, 0.717) is 32.7 Å². The highest BCUT2D eigenvalue weighted by Gasteiger charge is 2.29. The number of rotatable bonds is 8. The fourth-order valence-electron chi connectivity index (χ4n) is 4.51. The number of nitrogens with zero attached hydrogens (tertiary/aromatic N) is 1. The summed E-state index contributed by atoms with van der Waals surface area (Å²) in [6.45, 7) is 8.50. The summed E-state index contributed by atoms with van der Waals surface area (Å²) in [5.74, 6) is 0.250. The number of aliphatic carboxylic acids is 1. The maximum atomic E-state index is 11.4. The third kappa shape index (κ3) is 3.80. The van der Waals surface area contributed by atoms with Crippen LogP contribution in [0.1, 0.15) is 49.8 Å². The molecule has 1 atom stereocenters. The number of hydrogen-bond acceptors (Lipinski definition) is 5. The van der Waals surface area contributed by atoms with Crippen molar-refractivity contribution in [2.45, 2.75) is 46.2 Å². The molecule has 0 amide bonds. The summed E-state index contributed by atoms with van der Waals surface area (Å²) in [5.41, 5.74) is 4.14. The van der Waals surface area contributed by atoms with E-state index >= 15 is 0 Å². The predicted molar refractivity (Wildman–Crippen MR) is 121 cm³/mol. The number of carboxylic acids is 1. The SMILES string of the molecule is CCOc1c2c(c(OCC)c3ccccc13)CN(c1ccc(C(CC)C(=O)[O-])cc1)C2. The lowest BCUT2D eigenvalue weighted by atomic mass is 9.96. The van der Waals surface area contributed by atoms with Gasteiger partial charge in [0.1, 0.15) is 11.5 Å². The van der Waals surface area contributed by atoms with E-state index in [1.807, 2.05) is 57.2 Å². The summed E-state index contributed by atoms with van der Waals surface area (Å²) in [6, 6.07) is 16.0. The van der Waals surface area contributed by atoms with E-state index in [9.17, 15) is 9.90 Å². The zero-order valence-corrected chi connectivity index (χ0v) is 18.3. The second kappa shape index (κ2) is 8.88. The number of carbonyl (C=O) groups is 1. The van der Waals surface area contributed by atoms with Crippen molar-refractivity contribution in [3.63, 3.8) is 0 Å². The van der Waals surface area contributed by atoms with Crippen LogP contribution in [-0.2, 0) is 17.9 Å². The Hall–Kier alpha value is -3.21. The van der Waals surface area contributed by atoms with Crippen molar-refractivity contribution < 1.29 is 19.4 Å². The normalized spacial score (nSPS) is 13.8. The average molecular weight is 419 g/mol. The van der Waals surface area contributed by atoms with Gasteiger partial charge in [-0.15, -0.1) is 0 Å². The van der Waals surface area contributed by atoms with Gasteiger partial charge in [-0.3, -0.25) is 0 Å². The van der Waals surface area contributed by atoms with Gasteiger partial charge in [-0.2, -0.15) is 0 Å². The van der Waals surface area contributed by atoms with Gasteiger partial charge in [0.05, 0.1) is 13.2 Å². The van der Waals surface area contributed by atoms with Crippen LogP contribution in [0.2, 0.25) is 0 Å². The Morgan fingerprint density at radius 3 is 1.84 bits per heavy atom. The highest BCUT2D eigenvalue weighted by Crippen LogP contribution is 2.46. The molecule has 0 aliphatic carbocycles. The van der Waals surface area contributed by atoms with Crippen LogP contribution in [0.15, 0.2) is 48.5 Å². The summed E-state index contributed by atoms with van der Waals surface area (Å²) < 4.78 is 12.2. The number of carboxylic acid groups (broad SMARTS) is 1. The first-order valence-electron chi connectivity index (χ1n) is 11.0. The smallest absolute Gasteiger partial charge is 0.132 e. The highest BCUT2D eigenvalue weighted by molar-refractivity contribution is 5.96. The van der Waals surface area contributed by atoms with Crippen molar-refractivity contribution in [3.05, 3.63) is 65.2 Å². The molecule has 1 aliphatic rings.